The van der Waals surface area contributed by atoms with Gasteiger partial charge in [0.25, 0.3) is 0 Å². The zero-order valence-electron chi connectivity index (χ0n) is 21.0. The molecule has 0 aromatic heterocycles. The van der Waals surface area contributed by atoms with E-state index >= 15 is 0 Å². The molecule has 0 saturated carbocycles. The summed E-state index contributed by atoms with van der Waals surface area (Å²) in [6.07, 6.45) is 14.7. The Hall–Kier alpha value is -4.36. The highest BCUT2D eigenvalue weighted by molar-refractivity contribution is 5.87. The summed E-state index contributed by atoms with van der Waals surface area (Å²) in [5.41, 5.74) is 10.3. The molecule has 1 atom stereocenters. The maximum Gasteiger partial charge on any atom is 0.0568 e. The SMILES string of the molecule is C1=CCCC(N(c2ccc(-c3ccccc3)cc2)C2C=C(c3ccccc3)C=C(c3ccccc3)C2)=C1. The highest BCUT2D eigenvalue weighted by Gasteiger charge is 2.26. The third kappa shape index (κ3) is 5.13. The molecule has 1 nitrogen and oxygen atoms in total. The molecule has 1 unspecified atom stereocenters. The summed E-state index contributed by atoms with van der Waals surface area (Å²) in [5.74, 6) is 0. The molecular formula is C36H31N. The van der Waals surface area contributed by atoms with Gasteiger partial charge in [0.2, 0.25) is 0 Å². The average Bonchev–Trinajstić information content (AvgIpc) is 2.99. The molecule has 0 radical (unpaired) electrons. The van der Waals surface area contributed by atoms with Crippen molar-refractivity contribution >= 4 is 16.8 Å². The first kappa shape index (κ1) is 23.1. The minimum absolute atomic E-state index is 0.218. The molecule has 4 aromatic rings. The lowest BCUT2D eigenvalue weighted by molar-refractivity contribution is 0.729. The van der Waals surface area contributed by atoms with Crippen LogP contribution in [-0.4, -0.2) is 6.04 Å². The van der Waals surface area contributed by atoms with E-state index < -0.39 is 0 Å². The monoisotopic (exact) mass is 477 g/mol. The molecule has 0 saturated heterocycles. The Morgan fingerprint density at radius 1 is 0.595 bits per heavy atom. The Bertz CT molecular complexity index is 1460. The standard InChI is InChI=1S/C36H31N/c1-5-13-28(14-6-1)31-21-23-35(24-22-31)37(34-19-11-4-12-20-34)36-26-32(29-15-7-2-8-16-29)25-33(27-36)30-17-9-3-10-18-30/h1-11,13-19,21-26,36H,12,20,27H2. The van der Waals surface area contributed by atoms with Gasteiger partial charge in [-0.25, -0.2) is 0 Å². The van der Waals surface area contributed by atoms with Crippen molar-refractivity contribution in [3.05, 3.63) is 162 Å². The van der Waals surface area contributed by atoms with Crippen molar-refractivity contribution in [1.82, 2.24) is 0 Å². The zero-order valence-corrected chi connectivity index (χ0v) is 21.0. The molecule has 0 N–H and O–H groups in total. The molecule has 6 rings (SSSR count). The van der Waals surface area contributed by atoms with E-state index in [9.17, 15) is 0 Å². The second-order valence-electron chi connectivity index (χ2n) is 9.70. The largest absolute Gasteiger partial charge is 0.338 e. The second kappa shape index (κ2) is 10.7. The van der Waals surface area contributed by atoms with Crippen LogP contribution in [0.5, 0.6) is 0 Å². The Balaban J connectivity index is 1.43. The average molecular weight is 478 g/mol. The molecule has 2 aliphatic rings. The number of allylic oxidation sites excluding steroid dienone is 6. The molecule has 0 heterocycles. The summed E-state index contributed by atoms with van der Waals surface area (Å²) < 4.78 is 0. The van der Waals surface area contributed by atoms with Crippen LogP contribution in [0.2, 0.25) is 0 Å². The van der Waals surface area contributed by atoms with E-state index in [1.165, 1.54) is 44.8 Å². The van der Waals surface area contributed by atoms with Crippen LogP contribution in [0.15, 0.2) is 151 Å². The van der Waals surface area contributed by atoms with E-state index in [2.05, 4.69) is 151 Å². The molecule has 0 amide bonds. The van der Waals surface area contributed by atoms with Crippen LogP contribution in [0.1, 0.15) is 30.4 Å². The maximum atomic E-state index is 2.57. The van der Waals surface area contributed by atoms with E-state index in [1.54, 1.807) is 0 Å². The number of hydrogen-bond donors (Lipinski definition) is 0. The number of hydrogen-bond acceptors (Lipinski definition) is 1. The predicted molar refractivity (Wildman–Crippen MR) is 158 cm³/mol. The smallest absolute Gasteiger partial charge is 0.0568 e. The van der Waals surface area contributed by atoms with E-state index in [0.29, 0.717) is 0 Å². The normalized spacial score (nSPS) is 17.0. The topological polar surface area (TPSA) is 3.24 Å². The van der Waals surface area contributed by atoms with E-state index in [1.807, 2.05) is 0 Å². The van der Waals surface area contributed by atoms with Crippen LogP contribution in [-0.2, 0) is 0 Å². The van der Waals surface area contributed by atoms with Gasteiger partial charge in [0.15, 0.2) is 0 Å². The second-order valence-corrected chi connectivity index (χ2v) is 9.70. The molecule has 0 bridgehead atoms. The van der Waals surface area contributed by atoms with Crippen molar-refractivity contribution in [2.45, 2.75) is 25.3 Å². The van der Waals surface area contributed by atoms with Gasteiger partial charge in [0.1, 0.15) is 0 Å². The van der Waals surface area contributed by atoms with E-state index in [4.69, 9.17) is 0 Å². The van der Waals surface area contributed by atoms with Crippen LogP contribution in [0.4, 0.5) is 5.69 Å². The first-order chi connectivity index (χ1) is 18.3. The van der Waals surface area contributed by atoms with Crippen molar-refractivity contribution in [3.63, 3.8) is 0 Å². The van der Waals surface area contributed by atoms with Crippen molar-refractivity contribution in [2.75, 3.05) is 4.90 Å². The third-order valence-electron chi connectivity index (χ3n) is 7.27. The quantitative estimate of drug-likeness (QED) is 0.267. The molecule has 2 aliphatic carbocycles. The van der Waals surface area contributed by atoms with Crippen molar-refractivity contribution in [2.24, 2.45) is 0 Å². The minimum atomic E-state index is 0.218. The Morgan fingerprint density at radius 3 is 1.81 bits per heavy atom. The van der Waals surface area contributed by atoms with Gasteiger partial charge >= 0.3 is 0 Å². The first-order valence-electron chi connectivity index (χ1n) is 13.2. The van der Waals surface area contributed by atoms with E-state index in [-0.39, 0.29) is 6.04 Å². The summed E-state index contributed by atoms with van der Waals surface area (Å²) in [6.45, 7) is 0. The number of rotatable bonds is 6. The number of nitrogens with zero attached hydrogens (tertiary/aromatic N) is 1. The Labute approximate surface area is 220 Å². The molecule has 1 heteroatoms. The van der Waals surface area contributed by atoms with Crippen LogP contribution < -0.4 is 4.90 Å². The fourth-order valence-corrected chi connectivity index (χ4v) is 5.42. The third-order valence-corrected chi connectivity index (χ3v) is 7.27. The number of benzene rings is 4. The molecule has 0 aliphatic heterocycles. The fourth-order valence-electron chi connectivity index (χ4n) is 5.42. The van der Waals surface area contributed by atoms with Gasteiger partial charge in [-0.15, -0.1) is 0 Å². The highest BCUT2D eigenvalue weighted by Crippen LogP contribution is 2.38. The molecule has 0 spiro atoms. The van der Waals surface area contributed by atoms with Crippen LogP contribution >= 0.6 is 0 Å². The van der Waals surface area contributed by atoms with Gasteiger partial charge in [-0.3, -0.25) is 0 Å². The van der Waals surface area contributed by atoms with Crippen molar-refractivity contribution in [3.8, 4) is 11.1 Å². The van der Waals surface area contributed by atoms with Gasteiger partial charge in [-0.05, 0) is 70.9 Å². The van der Waals surface area contributed by atoms with E-state index in [0.717, 1.165) is 19.3 Å². The number of anilines is 1. The van der Waals surface area contributed by atoms with Gasteiger partial charge in [-0.1, -0.05) is 127 Å². The maximum absolute atomic E-state index is 2.57. The van der Waals surface area contributed by atoms with Gasteiger partial charge in [0, 0.05) is 11.4 Å². The summed E-state index contributed by atoms with van der Waals surface area (Å²) >= 11 is 0. The Morgan fingerprint density at radius 2 is 1.19 bits per heavy atom. The van der Waals surface area contributed by atoms with Gasteiger partial charge in [0.05, 0.1) is 6.04 Å². The lowest BCUT2D eigenvalue weighted by Crippen LogP contribution is -2.35. The summed E-state index contributed by atoms with van der Waals surface area (Å²) in [7, 11) is 0. The summed E-state index contributed by atoms with van der Waals surface area (Å²) in [6, 6.07) is 41.6. The zero-order chi connectivity index (χ0) is 24.9. The predicted octanol–water partition coefficient (Wildman–Crippen LogP) is 9.33. The Kier molecular flexibility index (Phi) is 6.68. The van der Waals surface area contributed by atoms with Crippen LogP contribution in [0.3, 0.4) is 0 Å². The first-order valence-corrected chi connectivity index (χ1v) is 13.2. The highest BCUT2D eigenvalue weighted by atomic mass is 15.2. The summed E-state index contributed by atoms with van der Waals surface area (Å²) in [4.78, 5) is 2.57. The van der Waals surface area contributed by atoms with Crippen LogP contribution in [0, 0.1) is 0 Å². The van der Waals surface area contributed by atoms with Gasteiger partial charge < -0.3 is 4.90 Å². The van der Waals surface area contributed by atoms with Crippen molar-refractivity contribution in [1.29, 1.82) is 0 Å². The fraction of sp³-hybridized carbons (Fsp3) is 0.111. The lowest BCUT2D eigenvalue weighted by Gasteiger charge is -2.37. The molecule has 180 valence electrons. The van der Waals surface area contributed by atoms with Crippen LogP contribution in [0.25, 0.3) is 22.3 Å². The molecular weight excluding hydrogens is 446 g/mol. The summed E-state index contributed by atoms with van der Waals surface area (Å²) in [5, 5.41) is 0. The lowest BCUT2D eigenvalue weighted by atomic mass is 9.86. The van der Waals surface area contributed by atoms with Crippen molar-refractivity contribution < 1.29 is 0 Å². The molecule has 37 heavy (non-hydrogen) atoms. The molecule has 0 fully saturated rings. The molecule has 4 aromatic carbocycles. The van der Waals surface area contributed by atoms with Gasteiger partial charge in [-0.2, -0.15) is 0 Å². The minimum Gasteiger partial charge on any atom is -0.338 e.